The summed E-state index contributed by atoms with van der Waals surface area (Å²) in [5, 5.41) is 19.5. The first-order valence-electron chi connectivity index (χ1n) is 12.6. The Labute approximate surface area is 236 Å². The number of sulfone groups is 1. The molecule has 0 bridgehead atoms. The van der Waals surface area contributed by atoms with E-state index in [1.165, 1.54) is 12.1 Å². The van der Waals surface area contributed by atoms with E-state index in [-0.39, 0.29) is 18.9 Å². The van der Waals surface area contributed by atoms with Crippen molar-refractivity contribution >= 4 is 27.5 Å². The maximum atomic E-state index is 13.2. The first kappa shape index (κ1) is 31.7. The van der Waals surface area contributed by atoms with Gasteiger partial charge in [0.1, 0.15) is 5.54 Å². The van der Waals surface area contributed by atoms with E-state index in [1.54, 1.807) is 12.1 Å². The van der Waals surface area contributed by atoms with Crippen LogP contribution in [0.1, 0.15) is 43.2 Å². The van der Waals surface area contributed by atoms with Crippen LogP contribution in [0.15, 0.2) is 53.4 Å². The van der Waals surface area contributed by atoms with E-state index in [0.29, 0.717) is 30.9 Å². The third kappa shape index (κ3) is 8.33. The predicted molar refractivity (Wildman–Crippen MR) is 143 cm³/mol. The fraction of sp³-hybridized carbons (Fsp3) is 0.481. The predicted octanol–water partition coefficient (Wildman–Crippen LogP) is 5.51. The third-order valence-corrected chi connectivity index (χ3v) is 9.60. The van der Waals surface area contributed by atoms with E-state index in [2.05, 4.69) is 16.3 Å². The second kappa shape index (κ2) is 13.2. The highest BCUT2D eigenvalue weighted by Gasteiger charge is 2.42. The highest BCUT2D eigenvalue weighted by atomic mass is 35.5. The van der Waals surface area contributed by atoms with Crippen molar-refractivity contribution in [2.45, 2.75) is 66.7 Å². The maximum Gasteiger partial charge on any atom is 0.417 e. The molecule has 1 aliphatic carbocycles. The monoisotopic (exact) mass is 601 g/mol. The van der Waals surface area contributed by atoms with Crippen molar-refractivity contribution in [1.29, 1.82) is 5.26 Å². The Kier molecular flexibility index (Phi) is 10.5. The Balaban J connectivity index is 0.000000285. The van der Waals surface area contributed by atoms with Gasteiger partial charge in [0.2, 0.25) is 0 Å². The van der Waals surface area contributed by atoms with Gasteiger partial charge in [0.05, 0.1) is 34.5 Å². The van der Waals surface area contributed by atoms with Crippen LogP contribution in [0.5, 0.6) is 0 Å². The molecule has 0 unspecified atom stereocenters. The number of hydrogen-bond donors (Lipinski definition) is 2. The lowest BCUT2D eigenvalue weighted by atomic mass is 9.89. The molecule has 0 spiro atoms. The average Bonchev–Trinajstić information content (AvgIpc) is 3.40. The largest absolute Gasteiger partial charge is 0.465 e. The number of alkyl halides is 3. The molecule has 13 heteroatoms. The number of carbonyl (C=O) groups is 1. The lowest BCUT2D eigenvalue weighted by Crippen LogP contribution is -2.53. The molecule has 4 rings (SSSR count). The molecule has 2 aromatic carbocycles. The minimum Gasteiger partial charge on any atom is -0.465 e. The fourth-order valence-electron chi connectivity index (χ4n) is 4.73. The molecule has 1 aliphatic heterocycles. The quantitative estimate of drug-likeness (QED) is 0.448. The summed E-state index contributed by atoms with van der Waals surface area (Å²) in [6, 6.07) is 13.5. The fourth-order valence-corrected chi connectivity index (χ4v) is 6.88. The van der Waals surface area contributed by atoms with E-state index < -0.39 is 43.4 Å². The number of rotatable bonds is 6. The van der Waals surface area contributed by atoms with E-state index >= 15 is 0 Å². The Hall–Kier alpha value is -2.85. The van der Waals surface area contributed by atoms with Crippen molar-refractivity contribution < 1.29 is 36.2 Å². The number of nitrogens with one attached hydrogen (secondary N) is 1. The normalized spacial score (nSPS) is 21.1. The smallest absolute Gasteiger partial charge is 0.417 e. The zero-order valence-corrected chi connectivity index (χ0v) is 23.4. The van der Waals surface area contributed by atoms with Gasteiger partial charge in [-0.2, -0.15) is 18.4 Å². The van der Waals surface area contributed by atoms with Gasteiger partial charge in [0, 0.05) is 18.1 Å². The van der Waals surface area contributed by atoms with Crippen LogP contribution < -0.4 is 5.32 Å². The van der Waals surface area contributed by atoms with Gasteiger partial charge < -0.3 is 20.1 Å². The molecule has 0 aromatic heterocycles. The number of likely N-dealkylation sites (tertiary alicyclic amines) is 1. The molecule has 1 amide bonds. The van der Waals surface area contributed by atoms with Gasteiger partial charge in [-0.1, -0.05) is 35.9 Å². The van der Waals surface area contributed by atoms with Gasteiger partial charge in [-0.25, -0.2) is 13.2 Å². The number of piperidine rings is 1. The standard InChI is InChI=1S/C19H18ClF3O3S.C8H13N3O2/c20-14-7-5-13(6-8-14)12-26-15-9-10-16(11-15)27(24,25)18-4-2-1-3-17(18)19(21,22)23;1-11-4-2-8(6-9,3-5-11)10-7(12)13/h1-8,15-16H,9-12H2;10H,2-5H2,1H3,(H,12,13)/t15-,16-;/m0./s1. The summed E-state index contributed by atoms with van der Waals surface area (Å²) in [5.74, 6) is 0. The van der Waals surface area contributed by atoms with Crippen LogP contribution in [0.4, 0.5) is 18.0 Å². The molecule has 2 fully saturated rings. The Morgan fingerprint density at radius 1 is 1.18 bits per heavy atom. The van der Waals surface area contributed by atoms with Gasteiger partial charge in [-0.05, 0) is 69.0 Å². The van der Waals surface area contributed by atoms with E-state index in [1.807, 2.05) is 19.2 Å². The summed E-state index contributed by atoms with van der Waals surface area (Å²) in [4.78, 5) is 11.9. The van der Waals surface area contributed by atoms with Gasteiger partial charge >= 0.3 is 12.3 Å². The molecule has 218 valence electrons. The molecule has 1 heterocycles. The maximum absolute atomic E-state index is 13.2. The zero-order valence-electron chi connectivity index (χ0n) is 21.8. The van der Waals surface area contributed by atoms with Crippen molar-refractivity contribution in [1.82, 2.24) is 10.2 Å². The van der Waals surface area contributed by atoms with Gasteiger partial charge in [0.15, 0.2) is 9.84 Å². The Bertz CT molecular complexity index is 1310. The van der Waals surface area contributed by atoms with Crippen molar-refractivity contribution in [3.05, 3.63) is 64.7 Å². The summed E-state index contributed by atoms with van der Waals surface area (Å²) in [5.41, 5.74) is -1.08. The number of halogens is 4. The molecule has 2 aromatic rings. The van der Waals surface area contributed by atoms with Gasteiger partial charge in [-0.15, -0.1) is 0 Å². The highest BCUT2D eigenvalue weighted by Crippen LogP contribution is 2.38. The first-order valence-corrected chi connectivity index (χ1v) is 14.6. The summed E-state index contributed by atoms with van der Waals surface area (Å²) >= 11 is 5.82. The van der Waals surface area contributed by atoms with Crippen LogP contribution >= 0.6 is 11.6 Å². The van der Waals surface area contributed by atoms with Crippen LogP contribution in [-0.2, 0) is 27.4 Å². The lowest BCUT2D eigenvalue weighted by Gasteiger charge is -2.34. The number of amides is 1. The molecular formula is C27H31ClF3N3O5S. The number of benzene rings is 2. The Morgan fingerprint density at radius 2 is 1.80 bits per heavy atom. The van der Waals surface area contributed by atoms with Crippen molar-refractivity contribution in [3.63, 3.8) is 0 Å². The minimum atomic E-state index is -4.72. The highest BCUT2D eigenvalue weighted by molar-refractivity contribution is 7.92. The van der Waals surface area contributed by atoms with Crippen LogP contribution in [0.2, 0.25) is 5.02 Å². The second-order valence-corrected chi connectivity index (χ2v) is 12.6. The molecule has 2 N–H and O–H groups in total. The van der Waals surface area contributed by atoms with Crippen molar-refractivity contribution in [3.8, 4) is 6.07 Å². The van der Waals surface area contributed by atoms with E-state index in [0.717, 1.165) is 30.8 Å². The van der Waals surface area contributed by atoms with E-state index in [9.17, 15) is 26.4 Å². The van der Waals surface area contributed by atoms with Crippen molar-refractivity contribution in [2.24, 2.45) is 0 Å². The van der Waals surface area contributed by atoms with Crippen LogP contribution in [0.3, 0.4) is 0 Å². The molecule has 40 heavy (non-hydrogen) atoms. The third-order valence-electron chi connectivity index (χ3n) is 7.07. The molecule has 8 nitrogen and oxygen atoms in total. The first-order chi connectivity index (χ1) is 18.8. The number of nitriles is 1. The number of ether oxygens (including phenoxy) is 1. The molecule has 2 aliphatic rings. The summed E-state index contributed by atoms with van der Waals surface area (Å²) in [6.45, 7) is 1.81. The molecule has 0 radical (unpaired) electrons. The van der Waals surface area contributed by atoms with Crippen LogP contribution in [0.25, 0.3) is 0 Å². The second-order valence-electron chi connectivity index (χ2n) is 9.96. The average molecular weight is 602 g/mol. The molecule has 2 atom stereocenters. The molecule has 1 saturated carbocycles. The van der Waals surface area contributed by atoms with E-state index in [4.69, 9.17) is 26.7 Å². The number of hydrogen-bond acceptors (Lipinski definition) is 6. The van der Waals surface area contributed by atoms with Crippen LogP contribution in [0, 0.1) is 11.3 Å². The topological polar surface area (TPSA) is 120 Å². The summed E-state index contributed by atoms with van der Waals surface area (Å²) in [6.07, 6.45) is -4.07. The minimum absolute atomic E-state index is 0.183. The van der Waals surface area contributed by atoms with Crippen molar-refractivity contribution in [2.75, 3.05) is 20.1 Å². The molecular weight excluding hydrogens is 571 g/mol. The summed E-state index contributed by atoms with van der Waals surface area (Å²) in [7, 11) is -2.13. The lowest BCUT2D eigenvalue weighted by molar-refractivity contribution is -0.139. The van der Waals surface area contributed by atoms with Gasteiger partial charge in [-0.3, -0.25) is 0 Å². The number of nitrogens with zero attached hydrogens (tertiary/aromatic N) is 2. The number of carboxylic acid groups (broad SMARTS) is 1. The zero-order chi connectivity index (χ0) is 29.6. The summed E-state index contributed by atoms with van der Waals surface area (Å²) < 4.78 is 70.9. The van der Waals surface area contributed by atoms with Gasteiger partial charge in [0.25, 0.3) is 0 Å². The SMILES string of the molecule is CN1CCC(C#N)(NC(=O)O)CC1.O=S(=O)(c1ccccc1C(F)(F)F)[C@H]1CC[C@H](OCc2ccc(Cl)cc2)C1. The Morgan fingerprint density at radius 3 is 2.38 bits per heavy atom. The molecule has 1 saturated heterocycles. The van der Waals surface area contributed by atoms with Crippen LogP contribution in [-0.4, -0.2) is 61.5 Å².